The zero-order valence-corrected chi connectivity index (χ0v) is 15.0. The molecule has 2 aliphatic rings. The zero-order valence-electron chi connectivity index (χ0n) is 15.0. The van der Waals surface area contributed by atoms with Gasteiger partial charge in [0.25, 0.3) is 0 Å². The van der Waals surface area contributed by atoms with Crippen molar-refractivity contribution in [3.8, 4) is 0 Å². The number of fused-ring (bicyclic) bond motifs is 1. The third-order valence-corrected chi connectivity index (χ3v) is 5.17. The molecule has 2 aromatic rings. The highest BCUT2D eigenvalue weighted by Gasteiger charge is 2.30. The molecule has 0 unspecified atom stereocenters. The number of carboxylic acid groups (broad SMARTS) is 1. The average molecular weight is 370 g/mol. The Hall–Kier alpha value is -2.81. The molecule has 0 spiro atoms. The maximum absolute atomic E-state index is 11.0. The van der Waals surface area contributed by atoms with E-state index in [0.717, 1.165) is 18.5 Å². The SMILES string of the molecule is O=C(O)c1cnc(N2CCN(c3ncc4c(n3)CCCC4)C[C@H]2CO)nc1. The van der Waals surface area contributed by atoms with Gasteiger partial charge in [0.05, 0.1) is 18.2 Å². The Bertz CT molecular complexity index is 828. The summed E-state index contributed by atoms with van der Waals surface area (Å²) in [4.78, 5) is 32.5. The van der Waals surface area contributed by atoms with E-state index in [4.69, 9.17) is 10.1 Å². The number of anilines is 2. The summed E-state index contributed by atoms with van der Waals surface area (Å²) in [5.41, 5.74) is 2.43. The van der Waals surface area contributed by atoms with Crippen LogP contribution in [0.5, 0.6) is 0 Å². The largest absolute Gasteiger partial charge is 0.478 e. The van der Waals surface area contributed by atoms with Gasteiger partial charge < -0.3 is 20.0 Å². The molecule has 4 rings (SSSR count). The number of carbonyl (C=O) groups is 1. The molecule has 0 radical (unpaired) electrons. The fourth-order valence-electron chi connectivity index (χ4n) is 3.65. The van der Waals surface area contributed by atoms with Crippen molar-refractivity contribution in [1.82, 2.24) is 19.9 Å². The number of nitrogens with zero attached hydrogens (tertiary/aromatic N) is 6. The van der Waals surface area contributed by atoms with Crippen molar-refractivity contribution < 1.29 is 15.0 Å². The first-order valence-electron chi connectivity index (χ1n) is 9.18. The van der Waals surface area contributed by atoms with Gasteiger partial charge in [-0.3, -0.25) is 0 Å². The summed E-state index contributed by atoms with van der Waals surface area (Å²) in [6.45, 7) is 1.77. The van der Waals surface area contributed by atoms with Gasteiger partial charge in [-0.2, -0.15) is 0 Å². The van der Waals surface area contributed by atoms with Crippen molar-refractivity contribution in [3.63, 3.8) is 0 Å². The quantitative estimate of drug-likeness (QED) is 0.795. The number of aliphatic hydroxyl groups is 1. The number of aromatic carboxylic acids is 1. The van der Waals surface area contributed by atoms with E-state index in [0.29, 0.717) is 31.5 Å². The number of hydrogen-bond acceptors (Lipinski definition) is 8. The van der Waals surface area contributed by atoms with Crippen LogP contribution in [0.1, 0.15) is 34.5 Å². The smallest absolute Gasteiger partial charge is 0.338 e. The third-order valence-electron chi connectivity index (χ3n) is 5.17. The number of aromatic nitrogens is 4. The first-order valence-corrected chi connectivity index (χ1v) is 9.18. The van der Waals surface area contributed by atoms with E-state index in [-0.39, 0.29) is 18.2 Å². The molecule has 0 amide bonds. The lowest BCUT2D eigenvalue weighted by Crippen LogP contribution is -2.56. The molecule has 0 aromatic carbocycles. The van der Waals surface area contributed by atoms with Gasteiger partial charge in [-0.25, -0.2) is 24.7 Å². The lowest BCUT2D eigenvalue weighted by Gasteiger charge is -2.40. The summed E-state index contributed by atoms with van der Waals surface area (Å²) in [5.74, 6) is 0.0654. The summed E-state index contributed by atoms with van der Waals surface area (Å²) < 4.78 is 0. The lowest BCUT2D eigenvalue weighted by molar-refractivity contribution is 0.0696. The number of carboxylic acids is 1. The first kappa shape index (κ1) is 17.6. The van der Waals surface area contributed by atoms with Crippen molar-refractivity contribution in [2.75, 3.05) is 36.0 Å². The van der Waals surface area contributed by atoms with Crippen LogP contribution in [-0.2, 0) is 12.8 Å². The lowest BCUT2D eigenvalue weighted by atomic mass is 9.98. The second-order valence-electron chi connectivity index (χ2n) is 6.90. The predicted molar refractivity (Wildman–Crippen MR) is 98.1 cm³/mol. The highest BCUT2D eigenvalue weighted by Crippen LogP contribution is 2.23. The van der Waals surface area contributed by atoms with Crippen molar-refractivity contribution in [2.45, 2.75) is 31.7 Å². The predicted octanol–water partition coefficient (Wildman–Crippen LogP) is 0.531. The molecule has 1 aliphatic heterocycles. The molecule has 2 aromatic heterocycles. The van der Waals surface area contributed by atoms with Crippen LogP contribution >= 0.6 is 0 Å². The Morgan fingerprint density at radius 3 is 2.56 bits per heavy atom. The van der Waals surface area contributed by atoms with E-state index < -0.39 is 5.97 Å². The monoisotopic (exact) mass is 370 g/mol. The maximum Gasteiger partial charge on any atom is 0.338 e. The van der Waals surface area contributed by atoms with Crippen LogP contribution in [-0.4, -0.2) is 68.4 Å². The van der Waals surface area contributed by atoms with Gasteiger partial charge in [-0.1, -0.05) is 0 Å². The molecule has 27 heavy (non-hydrogen) atoms. The summed E-state index contributed by atoms with van der Waals surface area (Å²) in [6.07, 6.45) is 8.92. The van der Waals surface area contributed by atoms with E-state index >= 15 is 0 Å². The number of piperazine rings is 1. The second-order valence-corrected chi connectivity index (χ2v) is 6.90. The number of aliphatic hydroxyl groups excluding tert-OH is 1. The Labute approximate surface area is 156 Å². The fraction of sp³-hybridized carbons (Fsp3) is 0.500. The molecule has 142 valence electrons. The molecule has 1 atom stereocenters. The summed E-state index contributed by atoms with van der Waals surface area (Å²) in [6, 6.07) is -0.214. The van der Waals surface area contributed by atoms with E-state index in [1.165, 1.54) is 30.8 Å². The maximum atomic E-state index is 11.0. The summed E-state index contributed by atoms with van der Waals surface area (Å²) in [5, 5.41) is 18.8. The van der Waals surface area contributed by atoms with Crippen LogP contribution in [0.4, 0.5) is 11.9 Å². The van der Waals surface area contributed by atoms with E-state index in [9.17, 15) is 9.90 Å². The average Bonchev–Trinajstić information content (AvgIpc) is 2.73. The van der Waals surface area contributed by atoms with Crippen LogP contribution < -0.4 is 9.80 Å². The molecule has 9 heteroatoms. The minimum atomic E-state index is -1.06. The molecule has 1 fully saturated rings. The van der Waals surface area contributed by atoms with E-state index in [1.54, 1.807) is 0 Å². The van der Waals surface area contributed by atoms with Gasteiger partial charge in [0.2, 0.25) is 11.9 Å². The zero-order chi connectivity index (χ0) is 18.8. The number of aryl methyl sites for hydroxylation is 2. The summed E-state index contributed by atoms with van der Waals surface area (Å²) >= 11 is 0. The minimum absolute atomic E-state index is 0.0420. The molecule has 1 saturated heterocycles. The molecular formula is C18H22N6O3. The molecule has 3 heterocycles. The number of hydrogen-bond donors (Lipinski definition) is 2. The van der Waals surface area contributed by atoms with Crippen LogP contribution in [0.3, 0.4) is 0 Å². The van der Waals surface area contributed by atoms with Crippen LogP contribution in [0.2, 0.25) is 0 Å². The molecule has 9 nitrogen and oxygen atoms in total. The van der Waals surface area contributed by atoms with E-state index in [1.807, 2.05) is 11.1 Å². The van der Waals surface area contributed by atoms with Gasteiger partial charge in [-0.05, 0) is 31.2 Å². The van der Waals surface area contributed by atoms with Gasteiger partial charge in [0.1, 0.15) is 0 Å². The van der Waals surface area contributed by atoms with Gasteiger partial charge in [0.15, 0.2) is 0 Å². The minimum Gasteiger partial charge on any atom is -0.478 e. The van der Waals surface area contributed by atoms with Gasteiger partial charge >= 0.3 is 5.97 Å². The van der Waals surface area contributed by atoms with Gasteiger partial charge in [-0.15, -0.1) is 0 Å². The standard InChI is InChI=1S/C18H22N6O3/c25-11-14-10-23(18-21-7-12-3-1-2-4-15(12)22-18)5-6-24(14)17-19-8-13(9-20-17)16(26)27/h7-9,14,25H,1-6,10-11H2,(H,26,27)/t14-/m0/s1. The van der Waals surface area contributed by atoms with Crippen molar-refractivity contribution in [1.29, 1.82) is 0 Å². The van der Waals surface area contributed by atoms with E-state index in [2.05, 4.69) is 19.9 Å². The Morgan fingerprint density at radius 1 is 1.07 bits per heavy atom. The molecular weight excluding hydrogens is 348 g/mol. The molecule has 2 N–H and O–H groups in total. The Kier molecular flexibility index (Phi) is 4.85. The molecule has 0 saturated carbocycles. The second kappa shape index (κ2) is 7.43. The van der Waals surface area contributed by atoms with Crippen LogP contribution in [0.25, 0.3) is 0 Å². The van der Waals surface area contributed by atoms with Crippen LogP contribution in [0.15, 0.2) is 18.6 Å². The fourth-order valence-corrected chi connectivity index (χ4v) is 3.65. The molecule has 1 aliphatic carbocycles. The highest BCUT2D eigenvalue weighted by molar-refractivity contribution is 5.86. The topological polar surface area (TPSA) is 116 Å². The normalized spacial score (nSPS) is 19.7. The Morgan fingerprint density at radius 2 is 1.81 bits per heavy atom. The van der Waals surface area contributed by atoms with Gasteiger partial charge in [0, 0.05) is 43.9 Å². The molecule has 0 bridgehead atoms. The van der Waals surface area contributed by atoms with Crippen LogP contribution in [0, 0.1) is 0 Å². The third kappa shape index (κ3) is 3.55. The first-order chi connectivity index (χ1) is 13.2. The summed E-state index contributed by atoms with van der Waals surface area (Å²) in [7, 11) is 0. The van der Waals surface area contributed by atoms with Crippen molar-refractivity contribution >= 4 is 17.9 Å². The Balaban J connectivity index is 1.50. The van der Waals surface area contributed by atoms with Crippen molar-refractivity contribution in [2.24, 2.45) is 0 Å². The van der Waals surface area contributed by atoms with Crippen molar-refractivity contribution in [3.05, 3.63) is 35.4 Å². The number of rotatable bonds is 4. The highest BCUT2D eigenvalue weighted by atomic mass is 16.4.